The van der Waals surface area contributed by atoms with Crippen molar-refractivity contribution >= 4 is 69.6 Å². The number of carbonyl (C=O) groups is 4. The number of halogens is 6. The number of likely N-dealkylation sites (tertiary alicyclic amines) is 2. The molecule has 0 spiro atoms. The second kappa shape index (κ2) is 32.0. The molecule has 4 amide bonds. The molecule has 6 aliphatic rings. The number of hydrogen-bond donors (Lipinski definition) is 4. The van der Waals surface area contributed by atoms with Crippen LogP contribution in [-0.4, -0.2) is 120 Å². The quantitative estimate of drug-likeness (QED) is 0.0371. The Morgan fingerprint density at radius 2 is 1.06 bits per heavy atom. The van der Waals surface area contributed by atoms with Crippen molar-refractivity contribution in [1.29, 1.82) is 0 Å². The Morgan fingerprint density at radius 3 is 1.59 bits per heavy atom. The number of pyridine rings is 2. The number of imide groups is 2. The molecule has 8 heterocycles. The summed E-state index contributed by atoms with van der Waals surface area (Å²) in [7, 11) is 3.20. The maximum Gasteiger partial charge on any atom is 0.573 e. The second-order valence-corrected chi connectivity index (χ2v) is 30.2. The van der Waals surface area contributed by atoms with Crippen LogP contribution in [0.4, 0.5) is 40.3 Å². The highest BCUT2D eigenvalue weighted by Gasteiger charge is 2.36. The number of anilines is 4. The van der Waals surface area contributed by atoms with Crippen molar-refractivity contribution in [2.24, 2.45) is 36.6 Å². The summed E-state index contributed by atoms with van der Waals surface area (Å²) in [6.45, 7) is 14.1. The fourth-order valence-electron chi connectivity index (χ4n) is 16.4. The maximum atomic E-state index is 16.7. The summed E-state index contributed by atoms with van der Waals surface area (Å²) in [5, 5.41) is 12.4. The molecule has 546 valence electrons. The Labute approximate surface area is 603 Å². The van der Waals surface area contributed by atoms with E-state index in [2.05, 4.69) is 40.9 Å². The molecule has 12 rings (SSSR count). The number of methoxy groups -OCH3 is 1. The van der Waals surface area contributed by atoms with Crippen LogP contribution in [0.25, 0.3) is 22.3 Å². The Bertz CT molecular complexity index is 4240. The van der Waals surface area contributed by atoms with Crippen molar-refractivity contribution < 1.29 is 46.2 Å². The minimum Gasteiger partial charge on any atom is -0.496 e. The van der Waals surface area contributed by atoms with Crippen LogP contribution in [0, 0.1) is 63.1 Å². The molecule has 24 heteroatoms. The van der Waals surface area contributed by atoms with Gasteiger partial charge in [0.15, 0.2) is 0 Å². The molecule has 102 heavy (non-hydrogen) atoms. The molecule has 2 aromatic heterocycles. The highest BCUT2D eigenvalue weighted by Crippen LogP contribution is 2.42. The van der Waals surface area contributed by atoms with Gasteiger partial charge >= 0.3 is 6.36 Å². The number of ether oxygens (including phenoxy) is 2. The van der Waals surface area contributed by atoms with Gasteiger partial charge in [0, 0.05) is 129 Å². The molecule has 4 unspecified atom stereocenters. The van der Waals surface area contributed by atoms with E-state index >= 15 is 4.39 Å². The molecule has 6 saturated heterocycles. The van der Waals surface area contributed by atoms with Crippen LogP contribution in [0.3, 0.4) is 0 Å². The smallest absolute Gasteiger partial charge is 0.496 e. The lowest BCUT2D eigenvalue weighted by Gasteiger charge is -2.40. The first kappa shape index (κ1) is 73.8. The number of hydrogen-bond acceptors (Lipinski definition) is 14. The van der Waals surface area contributed by atoms with Gasteiger partial charge in [0.25, 0.3) is 11.1 Å². The van der Waals surface area contributed by atoms with E-state index in [4.69, 9.17) is 32.7 Å². The molecule has 4 atom stereocenters. The minimum absolute atomic E-state index is 0.0768. The van der Waals surface area contributed by atoms with Crippen molar-refractivity contribution in [3.05, 3.63) is 149 Å². The lowest BCUT2D eigenvalue weighted by atomic mass is 9.79. The van der Waals surface area contributed by atoms with E-state index in [0.717, 1.165) is 138 Å². The number of nitrogens with one attached hydrogen (secondary N) is 4. The van der Waals surface area contributed by atoms with E-state index in [1.807, 2.05) is 62.4 Å². The number of benzene rings is 4. The third-order valence-electron chi connectivity index (χ3n) is 22.8. The summed E-state index contributed by atoms with van der Waals surface area (Å²) in [6, 6.07) is 18.8. The first-order valence-corrected chi connectivity index (χ1v) is 36.9. The van der Waals surface area contributed by atoms with Crippen LogP contribution < -0.4 is 51.7 Å². The number of aryl methyl sites for hydroxylation is 1. The summed E-state index contributed by atoms with van der Waals surface area (Å²) >= 11 is 13.7. The number of piperidine rings is 6. The predicted octanol–water partition coefficient (Wildman–Crippen LogP) is 13.6. The average molecular weight is 1450 g/mol. The van der Waals surface area contributed by atoms with Gasteiger partial charge < -0.3 is 39.0 Å². The summed E-state index contributed by atoms with van der Waals surface area (Å²) in [6.07, 6.45) is 10.6. The number of aromatic nitrogens is 2. The standard InChI is InChI=1S/C78H94Cl2F4N10O8/c1-46-48(3)76(99)89(5)43-60(46)56-35-65(81)62(71(37-56)101-6)44-91-30-27-53(10-9-52-25-33-93(34-26-52)69-18-14-59(39-64(69)80)86-67-16-20-73(96)88-75(67)98)57(41-91)42-94-45-61(47(2)49(4)77(94)100)54-11-12-55(70(36-54)102-78(82,83)84)40-90-28-21-50(22-29-90)7-8-51-23-31-92(32-24-51)68-17-13-58(38-63(68)79)85-66-15-19-72(95)87-74(66)97/h11-14,17-18,35-39,43,45,50-53,57,66-67,85-86H,7-10,15-16,19-34,40-42,44H2,1-6H3,(H,87,95,97)(H,88,96,98). The maximum absolute atomic E-state index is 16.7. The van der Waals surface area contributed by atoms with Gasteiger partial charge in [-0.25, -0.2) is 4.39 Å². The van der Waals surface area contributed by atoms with Gasteiger partial charge in [-0.2, -0.15) is 0 Å². The van der Waals surface area contributed by atoms with Gasteiger partial charge in [-0.05, 0) is 218 Å². The molecular formula is C78H94Cl2F4N10O8. The van der Waals surface area contributed by atoms with E-state index in [0.29, 0.717) is 116 Å². The minimum atomic E-state index is -4.96. The Hall–Kier alpha value is -7.92. The highest BCUT2D eigenvalue weighted by molar-refractivity contribution is 6.34. The zero-order valence-electron chi connectivity index (χ0n) is 59.1. The zero-order chi connectivity index (χ0) is 72.3. The molecule has 0 bridgehead atoms. The molecular weight excluding hydrogens is 1350 g/mol. The van der Waals surface area contributed by atoms with E-state index in [9.17, 15) is 41.9 Å². The average Bonchev–Trinajstić information content (AvgIpc) is 0.784. The first-order valence-electron chi connectivity index (χ1n) is 36.2. The fourth-order valence-corrected chi connectivity index (χ4v) is 17.0. The fraction of sp³-hybridized carbons (Fsp3) is 0.513. The first-order chi connectivity index (χ1) is 48.8. The van der Waals surface area contributed by atoms with Gasteiger partial charge in [0.05, 0.1) is 28.5 Å². The lowest BCUT2D eigenvalue weighted by molar-refractivity contribution is -0.275. The van der Waals surface area contributed by atoms with Crippen LogP contribution in [0.15, 0.2) is 88.7 Å². The number of alkyl halides is 3. The Morgan fingerprint density at radius 1 is 0.549 bits per heavy atom. The van der Waals surface area contributed by atoms with E-state index in [1.165, 1.54) is 23.8 Å². The van der Waals surface area contributed by atoms with Crippen LogP contribution in [-0.2, 0) is 45.9 Å². The van der Waals surface area contributed by atoms with Gasteiger partial charge in [0.1, 0.15) is 29.4 Å². The van der Waals surface area contributed by atoms with Crippen molar-refractivity contribution in [2.75, 3.05) is 79.9 Å². The normalized spacial score (nSPS) is 20.9. The Kier molecular flexibility index (Phi) is 23.1. The molecule has 6 fully saturated rings. The third-order valence-corrected chi connectivity index (χ3v) is 23.4. The van der Waals surface area contributed by atoms with Gasteiger partial charge in [-0.3, -0.25) is 49.2 Å². The Balaban J connectivity index is 0.705. The van der Waals surface area contributed by atoms with Gasteiger partial charge in [0.2, 0.25) is 23.6 Å². The van der Waals surface area contributed by atoms with Gasteiger partial charge in [-0.1, -0.05) is 54.6 Å². The van der Waals surface area contributed by atoms with Crippen LogP contribution >= 0.6 is 23.2 Å². The number of nitrogens with zero attached hydrogens (tertiary/aromatic N) is 6. The SMILES string of the molecule is COc1cc(-c2cn(C)c(=O)c(C)c2C)cc(F)c1CN1CCC(CCC2CCN(c3ccc(NC4CCC(=O)NC4=O)cc3Cl)CC2)C(Cn2cc(-c3ccc(CN4CCC(CCC5CCN(c6ccc(NC7CCC(=O)NC7=O)cc6Cl)CC5)CC4)c(OC(F)(F)F)c3)c(C)c(C)c2=O)C1. The van der Waals surface area contributed by atoms with Crippen LogP contribution in [0.5, 0.6) is 11.5 Å². The van der Waals surface area contributed by atoms with E-state index in [-0.39, 0.29) is 78.3 Å². The topological polar surface area (TPSA) is 192 Å². The predicted molar refractivity (Wildman–Crippen MR) is 391 cm³/mol. The molecule has 18 nitrogen and oxygen atoms in total. The van der Waals surface area contributed by atoms with E-state index < -0.39 is 24.3 Å². The monoisotopic (exact) mass is 1440 g/mol. The molecule has 4 aromatic carbocycles. The third kappa shape index (κ3) is 17.5. The summed E-state index contributed by atoms with van der Waals surface area (Å²) < 4.78 is 74.2. The lowest BCUT2D eigenvalue weighted by Crippen LogP contribution is -2.47. The van der Waals surface area contributed by atoms with Crippen molar-refractivity contribution in [3.63, 3.8) is 0 Å². The molecule has 6 aromatic rings. The highest BCUT2D eigenvalue weighted by atomic mass is 35.5. The number of carbonyl (C=O) groups excluding carboxylic acids is 4. The summed E-state index contributed by atoms with van der Waals surface area (Å²) in [5.74, 6) is 0.0682. The second-order valence-electron chi connectivity index (χ2n) is 29.4. The van der Waals surface area contributed by atoms with Crippen molar-refractivity contribution in [2.45, 2.75) is 162 Å². The van der Waals surface area contributed by atoms with Crippen LogP contribution in [0.1, 0.15) is 130 Å². The zero-order valence-corrected chi connectivity index (χ0v) is 60.7. The molecule has 0 saturated carbocycles. The number of amides is 4. The van der Waals surface area contributed by atoms with Crippen LogP contribution in [0.2, 0.25) is 10.0 Å². The summed E-state index contributed by atoms with van der Waals surface area (Å²) in [5.41, 5.74) is 8.76. The largest absolute Gasteiger partial charge is 0.573 e. The van der Waals surface area contributed by atoms with E-state index in [1.54, 1.807) is 43.9 Å². The molecule has 0 radical (unpaired) electrons. The van der Waals surface area contributed by atoms with Crippen molar-refractivity contribution in [3.8, 4) is 33.8 Å². The summed E-state index contributed by atoms with van der Waals surface area (Å²) in [4.78, 5) is 84.6. The number of rotatable bonds is 22. The molecule has 0 aliphatic carbocycles. The molecule has 6 aliphatic heterocycles. The molecule has 4 N–H and O–H groups in total. The van der Waals surface area contributed by atoms with Gasteiger partial charge in [-0.15, -0.1) is 13.2 Å². The van der Waals surface area contributed by atoms with Crippen molar-refractivity contribution in [1.82, 2.24) is 29.6 Å².